The van der Waals surface area contributed by atoms with Gasteiger partial charge in [0.2, 0.25) is 0 Å². The van der Waals surface area contributed by atoms with Crippen molar-refractivity contribution in [3.8, 4) is 0 Å². The van der Waals surface area contributed by atoms with Crippen LogP contribution < -0.4 is 5.73 Å². The predicted molar refractivity (Wildman–Crippen MR) is 60.4 cm³/mol. The van der Waals surface area contributed by atoms with Gasteiger partial charge in [0.05, 0.1) is 12.3 Å². The zero-order valence-electron chi connectivity index (χ0n) is 9.41. The van der Waals surface area contributed by atoms with Gasteiger partial charge in [0.15, 0.2) is 0 Å². The van der Waals surface area contributed by atoms with Gasteiger partial charge < -0.3 is 10.2 Å². The highest BCUT2D eigenvalue weighted by molar-refractivity contribution is 5.24. The quantitative estimate of drug-likeness (QED) is 0.890. The molecule has 0 saturated carbocycles. The first-order chi connectivity index (χ1) is 8.08. The number of nitrogens with two attached hydrogens (primary N) is 1. The summed E-state index contributed by atoms with van der Waals surface area (Å²) in [4.78, 5) is 0. The van der Waals surface area contributed by atoms with Gasteiger partial charge in [0.25, 0.3) is 0 Å². The van der Waals surface area contributed by atoms with Crippen LogP contribution in [0.2, 0.25) is 0 Å². The van der Waals surface area contributed by atoms with Gasteiger partial charge in [-0.1, -0.05) is 6.07 Å². The molecule has 0 aliphatic heterocycles. The van der Waals surface area contributed by atoms with E-state index in [1.807, 2.05) is 6.92 Å². The molecule has 4 heteroatoms. The van der Waals surface area contributed by atoms with Crippen molar-refractivity contribution in [2.45, 2.75) is 19.4 Å². The van der Waals surface area contributed by atoms with E-state index < -0.39 is 17.7 Å². The van der Waals surface area contributed by atoms with Gasteiger partial charge in [-0.2, -0.15) is 0 Å². The van der Waals surface area contributed by atoms with Crippen molar-refractivity contribution in [1.29, 1.82) is 0 Å². The van der Waals surface area contributed by atoms with Crippen LogP contribution in [0.15, 0.2) is 34.9 Å². The van der Waals surface area contributed by atoms with E-state index in [9.17, 15) is 8.78 Å². The first-order valence-corrected chi connectivity index (χ1v) is 5.31. The van der Waals surface area contributed by atoms with Crippen LogP contribution >= 0.6 is 0 Å². The monoisotopic (exact) mass is 237 g/mol. The van der Waals surface area contributed by atoms with Crippen LogP contribution in [0.4, 0.5) is 8.78 Å². The Kier molecular flexibility index (Phi) is 3.24. The number of aryl methyl sites for hydroxylation is 1. The van der Waals surface area contributed by atoms with Gasteiger partial charge in [-0.05, 0) is 36.6 Å². The van der Waals surface area contributed by atoms with E-state index in [0.717, 1.165) is 11.6 Å². The Bertz CT molecular complexity index is 522. The van der Waals surface area contributed by atoms with Crippen molar-refractivity contribution >= 4 is 0 Å². The van der Waals surface area contributed by atoms with Crippen LogP contribution in [0.25, 0.3) is 0 Å². The standard InChI is InChI=1S/C13H13F2NO/c1-8-4-5-17-13(8)12(16)6-9-2-3-10(14)7-11(9)15/h2-5,7,12H,6,16H2,1H3. The average Bonchev–Trinajstić information content (AvgIpc) is 2.68. The number of halogens is 2. The summed E-state index contributed by atoms with van der Waals surface area (Å²) in [5.41, 5.74) is 7.24. The zero-order valence-corrected chi connectivity index (χ0v) is 9.41. The van der Waals surface area contributed by atoms with Crippen LogP contribution in [0.3, 0.4) is 0 Å². The van der Waals surface area contributed by atoms with Gasteiger partial charge in [-0.3, -0.25) is 0 Å². The summed E-state index contributed by atoms with van der Waals surface area (Å²) in [5.74, 6) is -0.535. The summed E-state index contributed by atoms with van der Waals surface area (Å²) in [5, 5.41) is 0. The number of furan rings is 1. The molecule has 2 rings (SSSR count). The topological polar surface area (TPSA) is 39.2 Å². The molecule has 0 spiro atoms. The Hall–Kier alpha value is -1.68. The molecule has 1 unspecified atom stereocenters. The van der Waals surface area contributed by atoms with Crippen LogP contribution in [-0.4, -0.2) is 0 Å². The van der Waals surface area contributed by atoms with E-state index in [1.54, 1.807) is 12.3 Å². The van der Waals surface area contributed by atoms with E-state index in [1.165, 1.54) is 12.1 Å². The lowest BCUT2D eigenvalue weighted by atomic mass is 10.0. The van der Waals surface area contributed by atoms with E-state index >= 15 is 0 Å². The summed E-state index contributed by atoms with van der Waals surface area (Å²) >= 11 is 0. The molecule has 17 heavy (non-hydrogen) atoms. The Morgan fingerprint density at radius 1 is 1.29 bits per heavy atom. The second-order valence-electron chi connectivity index (χ2n) is 4.01. The Labute approximate surface area is 98.0 Å². The third-order valence-electron chi connectivity index (χ3n) is 2.69. The fraction of sp³-hybridized carbons (Fsp3) is 0.231. The molecule has 0 aliphatic carbocycles. The van der Waals surface area contributed by atoms with Crippen molar-refractivity contribution in [3.05, 3.63) is 59.1 Å². The molecule has 0 bridgehead atoms. The number of hydrogen-bond donors (Lipinski definition) is 1. The van der Waals surface area contributed by atoms with Crippen LogP contribution in [-0.2, 0) is 6.42 Å². The molecule has 0 fully saturated rings. The molecule has 2 N–H and O–H groups in total. The molecule has 2 nitrogen and oxygen atoms in total. The summed E-state index contributed by atoms with van der Waals surface area (Å²) in [6.07, 6.45) is 1.83. The summed E-state index contributed by atoms with van der Waals surface area (Å²) < 4.78 is 31.4. The summed E-state index contributed by atoms with van der Waals surface area (Å²) in [6.45, 7) is 1.87. The van der Waals surface area contributed by atoms with Crippen LogP contribution in [0.1, 0.15) is 22.9 Å². The third-order valence-corrected chi connectivity index (χ3v) is 2.69. The minimum Gasteiger partial charge on any atom is -0.467 e. The van der Waals surface area contributed by atoms with Crippen molar-refractivity contribution in [2.75, 3.05) is 0 Å². The third kappa shape index (κ3) is 2.53. The highest BCUT2D eigenvalue weighted by atomic mass is 19.1. The summed E-state index contributed by atoms with van der Waals surface area (Å²) in [7, 11) is 0. The second kappa shape index (κ2) is 4.67. The Morgan fingerprint density at radius 3 is 2.65 bits per heavy atom. The molecule has 0 amide bonds. The molecule has 0 radical (unpaired) electrons. The maximum Gasteiger partial charge on any atom is 0.129 e. The smallest absolute Gasteiger partial charge is 0.129 e. The maximum atomic E-state index is 13.4. The highest BCUT2D eigenvalue weighted by Gasteiger charge is 2.15. The van der Waals surface area contributed by atoms with Gasteiger partial charge in [0, 0.05) is 6.07 Å². The number of rotatable bonds is 3. The van der Waals surface area contributed by atoms with Gasteiger partial charge in [0.1, 0.15) is 17.4 Å². The molecule has 90 valence electrons. The fourth-order valence-corrected chi connectivity index (χ4v) is 1.78. The molecule has 0 saturated heterocycles. The minimum atomic E-state index is -0.589. The lowest BCUT2D eigenvalue weighted by Gasteiger charge is -2.10. The van der Waals surface area contributed by atoms with Crippen molar-refractivity contribution in [1.82, 2.24) is 0 Å². The first kappa shape index (κ1) is 11.8. The van der Waals surface area contributed by atoms with Crippen LogP contribution in [0.5, 0.6) is 0 Å². The normalized spacial score (nSPS) is 12.7. The van der Waals surface area contributed by atoms with E-state index in [-0.39, 0.29) is 6.42 Å². The maximum absolute atomic E-state index is 13.4. The van der Waals surface area contributed by atoms with Crippen molar-refractivity contribution < 1.29 is 13.2 Å². The lowest BCUT2D eigenvalue weighted by Crippen LogP contribution is -2.14. The highest BCUT2D eigenvalue weighted by Crippen LogP contribution is 2.22. The number of hydrogen-bond acceptors (Lipinski definition) is 2. The molecular weight excluding hydrogens is 224 g/mol. The average molecular weight is 237 g/mol. The SMILES string of the molecule is Cc1ccoc1C(N)Cc1ccc(F)cc1F. The van der Waals surface area contributed by atoms with Gasteiger partial charge in [-0.15, -0.1) is 0 Å². The van der Waals surface area contributed by atoms with Crippen molar-refractivity contribution in [3.63, 3.8) is 0 Å². The lowest BCUT2D eigenvalue weighted by molar-refractivity contribution is 0.457. The molecular formula is C13H13F2NO. The summed E-state index contributed by atoms with van der Waals surface area (Å²) in [6, 6.07) is 4.86. The largest absolute Gasteiger partial charge is 0.467 e. The Morgan fingerprint density at radius 2 is 2.06 bits per heavy atom. The van der Waals surface area contributed by atoms with E-state index in [2.05, 4.69) is 0 Å². The molecule has 0 aliphatic rings. The number of benzene rings is 1. The van der Waals surface area contributed by atoms with E-state index in [0.29, 0.717) is 11.3 Å². The second-order valence-corrected chi connectivity index (χ2v) is 4.01. The van der Waals surface area contributed by atoms with Gasteiger partial charge >= 0.3 is 0 Å². The molecule has 1 atom stereocenters. The zero-order chi connectivity index (χ0) is 12.4. The molecule has 1 heterocycles. The molecule has 2 aromatic rings. The molecule has 1 aromatic heterocycles. The van der Waals surface area contributed by atoms with Crippen LogP contribution in [0, 0.1) is 18.6 Å². The fourth-order valence-electron chi connectivity index (χ4n) is 1.78. The molecule has 1 aromatic carbocycles. The Balaban J connectivity index is 2.19. The minimum absolute atomic E-state index is 0.278. The predicted octanol–water partition coefficient (Wildman–Crippen LogP) is 3.11. The first-order valence-electron chi connectivity index (χ1n) is 5.31. The van der Waals surface area contributed by atoms with Gasteiger partial charge in [-0.25, -0.2) is 8.78 Å². The van der Waals surface area contributed by atoms with Crippen molar-refractivity contribution in [2.24, 2.45) is 5.73 Å². The van der Waals surface area contributed by atoms with E-state index in [4.69, 9.17) is 10.2 Å².